The van der Waals surface area contributed by atoms with Crippen molar-refractivity contribution in [3.05, 3.63) is 59.4 Å². The van der Waals surface area contributed by atoms with Gasteiger partial charge in [0.1, 0.15) is 30.0 Å². The smallest absolute Gasteiger partial charge is 0.260 e. The summed E-state index contributed by atoms with van der Waals surface area (Å²) in [5.41, 5.74) is 0. The average molecular weight is 380 g/mol. The standard InChI is InChI=1S/C19H19ClFNO4/c20-14-1-5-16(6-2-14)26-13-19(23)22-9-10-24-18(11-22)12-25-17-7-3-15(21)4-8-17/h1-8,18H,9-13H2/t18-/m1/s1. The molecule has 2 aromatic rings. The fourth-order valence-corrected chi connectivity index (χ4v) is 2.66. The molecule has 1 saturated heterocycles. The quantitative estimate of drug-likeness (QED) is 0.773. The molecule has 0 unspecified atom stereocenters. The van der Waals surface area contributed by atoms with Gasteiger partial charge < -0.3 is 19.1 Å². The summed E-state index contributed by atoms with van der Waals surface area (Å²) in [7, 11) is 0. The van der Waals surface area contributed by atoms with E-state index in [0.29, 0.717) is 36.2 Å². The third-order valence-corrected chi connectivity index (χ3v) is 4.17. The van der Waals surface area contributed by atoms with Crippen molar-refractivity contribution in [1.29, 1.82) is 0 Å². The Kier molecular flexibility index (Phi) is 6.30. The minimum absolute atomic E-state index is 0.0484. The zero-order valence-electron chi connectivity index (χ0n) is 14.1. The van der Waals surface area contributed by atoms with Crippen LogP contribution in [-0.4, -0.2) is 49.8 Å². The van der Waals surface area contributed by atoms with Gasteiger partial charge in [0.2, 0.25) is 0 Å². The van der Waals surface area contributed by atoms with Crippen LogP contribution < -0.4 is 9.47 Å². The minimum atomic E-state index is -0.316. The first kappa shape index (κ1) is 18.5. The molecule has 1 amide bonds. The largest absolute Gasteiger partial charge is 0.491 e. The maximum absolute atomic E-state index is 12.9. The van der Waals surface area contributed by atoms with E-state index in [0.717, 1.165) is 0 Å². The Morgan fingerprint density at radius 1 is 1.12 bits per heavy atom. The lowest BCUT2D eigenvalue weighted by Crippen LogP contribution is -2.49. The van der Waals surface area contributed by atoms with Crippen LogP contribution in [0.4, 0.5) is 4.39 Å². The van der Waals surface area contributed by atoms with Gasteiger partial charge in [-0.3, -0.25) is 4.79 Å². The van der Waals surface area contributed by atoms with E-state index in [9.17, 15) is 9.18 Å². The summed E-state index contributed by atoms with van der Waals surface area (Å²) in [5, 5.41) is 0.612. The van der Waals surface area contributed by atoms with Crippen LogP contribution >= 0.6 is 11.6 Å². The first-order valence-corrected chi connectivity index (χ1v) is 8.64. The Morgan fingerprint density at radius 2 is 1.77 bits per heavy atom. The molecule has 1 fully saturated rings. The van der Waals surface area contributed by atoms with Gasteiger partial charge in [-0.2, -0.15) is 0 Å². The predicted octanol–water partition coefficient (Wildman–Crippen LogP) is 3.16. The van der Waals surface area contributed by atoms with Gasteiger partial charge in [0, 0.05) is 11.6 Å². The van der Waals surface area contributed by atoms with Crippen LogP contribution in [0.25, 0.3) is 0 Å². The molecule has 0 aromatic heterocycles. The molecule has 0 bridgehead atoms. The van der Waals surface area contributed by atoms with Gasteiger partial charge in [-0.15, -0.1) is 0 Å². The lowest BCUT2D eigenvalue weighted by Gasteiger charge is -2.32. The lowest BCUT2D eigenvalue weighted by molar-refractivity contribution is -0.142. The van der Waals surface area contributed by atoms with Gasteiger partial charge in [0.15, 0.2) is 6.61 Å². The highest BCUT2D eigenvalue weighted by Crippen LogP contribution is 2.16. The van der Waals surface area contributed by atoms with E-state index < -0.39 is 0 Å². The average Bonchev–Trinajstić information content (AvgIpc) is 2.67. The third-order valence-electron chi connectivity index (χ3n) is 3.92. The molecule has 1 aliphatic rings. The number of amides is 1. The Hall–Kier alpha value is -2.31. The molecule has 1 heterocycles. The molecule has 138 valence electrons. The SMILES string of the molecule is O=C(COc1ccc(Cl)cc1)N1CCO[C@@H](COc2ccc(F)cc2)C1. The van der Waals surface area contributed by atoms with E-state index in [2.05, 4.69) is 0 Å². The van der Waals surface area contributed by atoms with E-state index in [1.807, 2.05) is 0 Å². The maximum Gasteiger partial charge on any atom is 0.260 e. The lowest BCUT2D eigenvalue weighted by atomic mass is 10.2. The monoisotopic (exact) mass is 379 g/mol. The summed E-state index contributed by atoms with van der Waals surface area (Å²) in [6.45, 7) is 1.60. The van der Waals surface area contributed by atoms with Crippen LogP contribution in [0.2, 0.25) is 5.02 Å². The fourth-order valence-electron chi connectivity index (χ4n) is 2.53. The number of benzene rings is 2. The van der Waals surface area contributed by atoms with Crippen LogP contribution in [0, 0.1) is 5.82 Å². The van der Waals surface area contributed by atoms with Crippen LogP contribution in [0.15, 0.2) is 48.5 Å². The highest BCUT2D eigenvalue weighted by atomic mass is 35.5. The molecular weight excluding hydrogens is 361 g/mol. The van der Waals surface area contributed by atoms with Gasteiger partial charge in [0.05, 0.1) is 13.2 Å². The Bertz CT molecular complexity index is 723. The zero-order valence-corrected chi connectivity index (χ0v) is 14.8. The van der Waals surface area contributed by atoms with E-state index in [4.69, 9.17) is 25.8 Å². The zero-order chi connectivity index (χ0) is 18.4. The van der Waals surface area contributed by atoms with Crippen LogP contribution in [0.3, 0.4) is 0 Å². The van der Waals surface area contributed by atoms with E-state index in [1.54, 1.807) is 41.3 Å². The summed E-state index contributed by atoms with van der Waals surface area (Å²) in [6, 6.07) is 12.6. The highest BCUT2D eigenvalue weighted by Gasteiger charge is 2.25. The summed E-state index contributed by atoms with van der Waals surface area (Å²) >= 11 is 5.82. The Balaban J connectivity index is 1.45. The topological polar surface area (TPSA) is 48.0 Å². The van der Waals surface area contributed by atoms with Crippen molar-refractivity contribution in [3.63, 3.8) is 0 Å². The number of carbonyl (C=O) groups excluding carboxylic acids is 1. The fraction of sp³-hybridized carbons (Fsp3) is 0.316. The summed E-state index contributed by atoms with van der Waals surface area (Å²) < 4.78 is 29.6. The molecule has 26 heavy (non-hydrogen) atoms. The van der Waals surface area contributed by atoms with E-state index >= 15 is 0 Å². The van der Waals surface area contributed by atoms with Gasteiger partial charge >= 0.3 is 0 Å². The molecule has 5 nitrogen and oxygen atoms in total. The third kappa shape index (κ3) is 5.34. The number of nitrogens with zero attached hydrogens (tertiary/aromatic N) is 1. The number of carbonyl (C=O) groups is 1. The number of morpholine rings is 1. The molecule has 0 spiro atoms. The molecule has 7 heteroatoms. The summed E-state index contributed by atoms with van der Waals surface area (Å²) in [4.78, 5) is 14.0. The molecule has 2 aromatic carbocycles. The first-order chi connectivity index (χ1) is 12.6. The second kappa shape index (κ2) is 8.87. The van der Waals surface area contributed by atoms with Crippen LogP contribution in [0.5, 0.6) is 11.5 Å². The maximum atomic E-state index is 12.9. The number of hydrogen-bond donors (Lipinski definition) is 0. The van der Waals surface area contributed by atoms with Crippen molar-refractivity contribution in [2.24, 2.45) is 0 Å². The molecule has 0 N–H and O–H groups in total. The van der Waals surface area contributed by atoms with Crippen molar-refractivity contribution < 1.29 is 23.4 Å². The Labute approximate surface area is 156 Å². The van der Waals surface area contributed by atoms with Crippen molar-refractivity contribution in [2.75, 3.05) is 32.9 Å². The van der Waals surface area contributed by atoms with Gasteiger partial charge in [-0.25, -0.2) is 4.39 Å². The summed E-state index contributed by atoms with van der Waals surface area (Å²) in [6.07, 6.45) is -0.242. The first-order valence-electron chi connectivity index (χ1n) is 8.26. The van der Waals surface area contributed by atoms with Crippen molar-refractivity contribution >= 4 is 17.5 Å². The van der Waals surface area contributed by atoms with Crippen molar-refractivity contribution in [3.8, 4) is 11.5 Å². The predicted molar refractivity (Wildman–Crippen MR) is 95.2 cm³/mol. The molecule has 0 saturated carbocycles. The minimum Gasteiger partial charge on any atom is -0.491 e. The second-order valence-electron chi connectivity index (χ2n) is 5.84. The van der Waals surface area contributed by atoms with Gasteiger partial charge in [-0.05, 0) is 48.5 Å². The normalized spacial score (nSPS) is 17.0. The van der Waals surface area contributed by atoms with Crippen LogP contribution in [-0.2, 0) is 9.53 Å². The number of ether oxygens (including phenoxy) is 3. The molecule has 0 radical (unpaired) electrons. The molecule has 1 atom stereocenters. The van der Waals surface area contributed by atoms with Gasteiger partial charge in [-0.1, -0.05) is 11.6 Å². The molecular formula is C19H19ClFNO4. The molecule has 0 aliphatic carbocycles. The second-order valence-corrected chi connectivity index (χ2v) is 6.28. The summed E-state index contributed by atoms with van der Waals surface area (Å²) in [5.74, 6) is 0.718. The highest BCUT2D eigenvalue weighted by molar-refractivity contribution is 6.30. The van der Waals surface area contributed by atoms with Crippen LogP contribution in [0.1, 0.15) is 0 Å². The Morgan fingerprint density at radius 3 is 2.50 bits per heavy atom. The van der Waals surface area contributed by atoms with E-state index in [1.165, 1.54) is 12.1 Å². The van der Waals surface area contributed by atoms with Gasteiger partial charge in [0.25, 0.3) is 5.91 Å². The number of rotatable bonds is 6. The molecule has 1 aliphatic heterocycles. The number of hydrogen-bond acceptors (Lipinski definition) is 4. The van der Waals surface area contributed by atoms with Crippen molar-refractivity contribution in [1.82, 2.24) is 4.90 Å². The number of halogens is 2. The van der Waals surface area contributed by atoms with E-state index in [-0.39, 0.29) is 31.0 Å². The molecule has 3 rings (SSSR count). The van der Waals surface area contributed by atoms with Crippen molar-refractivity contribution in [2.45, 2.75) is 6.10 Å².